The lowest BCUT2D eigenvalue weighted by molar-refractivity contribution is 0.611. The van der Waals surface area contributed by atoms with Crippen molar-refractivity contribution in [3.63, 3.8) is 0 Å². The number of nitrogens with zero attached hydrogens (tertiary/aromatic N) is 2. The molecule has 112 valence electrons. The van der Waals surface area contributed by atoms with Gasteiger partial charge in [-0.1, -0.05) is 11.6 Å². The molecule has 0 bridgehead atoms. The Bertz CT molecular complexity index is 674. The van der Waals surface area contributed by atoms with E-state index in [1.54, 1.807) is 6.20 Å². The molecule has 0 spiro atoms. The Hall–Kier alpha value is -1.92. The van der Waals surface area contributed by atoms with Crippen LogP contribution < -0.4 is 16.2 Å². The Labute approximate surface area is 126 Å². The topological polar surface area (TPSA) is 59.0 Å². The van der Waals surface area contributed by atoms with E-state index in [0.717, 1.165) is 6.54 Å². The molecule has 0 aliphatic carbocycles. The molecule has 21 heavy (non-hydrogen) atoms. The van der Waals surface area contributed by atoms with Gasteiger partial charge in [0.2, 0.25) is 0 Å². The highest BCUT2D eigenvalue weighted by Gasteiger charge is 2.06. The molecule has 0 unspecified atom stereocenters. The third-order valence-electron chi connectivity index (χ3n) is 2.90. The van der Waals surface area contributed by atoms with E-state index in [0.29, 0.717) is 22.8 Å². The average molecular weight is 311 g/mol. The van der Waals surface area contributed by atoms with Gasteiger partial charge in [0, 0.05) is 24.2 Å². The van der Waals surface area contributed by atoms with Crippen LogP contribution in [-0.4, -0.2) is 29.9 Å². The van der Waals surface area contributed by atoms with Gasteiger partial charge in [-0.3, -0.25) is 4.79 Å². The summed E-state index contributed by atoms with van der Waals surface area (Å²) in [6, 6.07) is 5.49. The molecule has 0 atom stereocenters. The number of hydrogen-bond donors (Lipinski definition) is 2. The molecule has 0 radical (unpaired) electrons. The minimum Gasteiger partial charge on any atom is -0.382 e. The second-order valence-corrected chi connectivity index (χ2v) is 4.91. The molecule has 2 rings (SSSR count). The monoisotopic (exact) mass is 310 g/mol. The molecule has 7 heteroatoms. The van der Waals surface area contributed by atoms with E-state index in [9.17, 15) is 9.18 Å². The predicted octanol–water partition coefficient (Wildman–Crippen LogP) is 1.72. The van der Waals surface area contributed by atoms with E-state index >= 15 is 0 Å². The standard InChI is InChI=1S/C14H16ClFN4O/c1-17-4-5-18-12-7-14(21)20(19-8-12)9-10-6-11(16)2-3-13(10)15/h2-3,6-8,17-18H,4-5,9H2,1H3. The van der Waals surface area contributed by atoms with Crippen molar-refractivity contribution in [1.29, 1.82) is 0 Å². The van der Waals surface area contributed by atoms with Crippen LogP contribution >= 0.6 is 11.6 Å². The van der Waals surface area contributed by atoms with Gasteiger partial charge in [0.1, 0.15) is 5.82 Å². The summed E-state index contributed by atoms with van der Waals surface area (Å²) >= 11 is 5.99. The van der Waals surface area contributed by atoms with Gasteiger partial charge in [-0.2, -0.15) is 5.10 Å². The summed E-state index contributed by atoms with van der Waals surface area (Å²) in [5.74, 6) is -0.396. The lowest BCUT2D eigenvalue weighted by atomic mass is 10.2. The Morgan fingerprint density at radius 1 is 1.33 bits per heavy atom. The van der Waals surface area contributed by atoms with Gasteiger partial charge >= 0.3 is 0 Å². The van der Waals surface area contributed by atoms with Crippen LogP contribution in [0.15, 0.2) is 35.3 Å². The minimum absolute atomic E-state index is 0.131. The Morgan fingerprint density at radius 2 is 2.14 bits per heavy atom. The van der Waals surface area contributed by atoms with Gasteiger partial charge in [0.05, 0.1) is 18.4 Å². The lowest BCUT2D eigenvalue weighted by Gasteiger charge is -2.09. The second kappa shape index (κ2) is 7.19. The Balaban J connectivity index is 2.14. The molecule has 0 amide bonds. The zero-order valence-electron chi connectivity index (χ0n) is 11.6. The van der Waals surface area contributed by atoms with E-state index in [-0.39, 0.29) is 12.1 Å². The van der Waals surface area contributed by atoms with Crippen LogP contribution in [0.5, 0.6) is 0 Å². The second-order valence-electron chi connectivity index (χ2n) is 4.51. The molecule has 2 aromatic rings. The summed E-state index contributed by atoms with van der Waals surface area (Å²) in [6.07, 6.45) is 1.56. The molecule has 0 aliphatic heterocycles. The summed E-state index contributed by atoms with van der Waals surface area (Å²) in [6.45, 7) is 1.60. The van der Waals surface area contributed by atoms with Crippen LogP contribution in [0.4, 0.5) is 10.1 Å². The zero-order chi connectivity index (χ0) is 15.2. The van der Waals surface area contributed by atoms with Gasteiger partial charge in [0.25, 0.3) is 5.56 Å². The van der Waals surface area contributed by atoms with Crippen molar-refractivity contribution in [2.24, 2.45) is 0 Å². The summed E-state index contributed by atoms with van der Waals surface area (Å²) in [4.78, 5) is 12.0. The maximum Gasteiger partial charge on any atom is 0.269 e. The van der Waals surface area contributed by atoms with Crippen molar-refractivity contribution >= 4 is 17.3 Å². The van der Waals surface area contributed by atoms with Gasteiger partial charge < -0.3 is 10.6 Å². The number of benzene rings is 1. The highest BCUT2D eigenvalue weighted by Crippen LogP contribution is 2.17. The number of rotatable bonds is 6. The van der Waals surface area contributed by atoms with E-state index < -0.39 is 5.82 Å². The van der Waals surface area contributed by atoms with E-state index in [2.05, 4.69) is 15.7 Å². The van der Waals surface area contributed by atoms with Crippen LogP contribution in [-0.2, 0) is 6.54 Å². The fraction of sp³-hybridized carbons (Fsp3) is 0.286. The molecule has 5 nitrogen and oxygen atoms in total. The average Bonchev–Trinajstić information content (AvgIpc) is 2.46. The zero-order valence-corrected chi connectivity index (χ0v) is 12.3. The summed E-state index contributed by atoms with van der Waals surface area (Å²) in [5, 5.41) is 10.5. The first kappa shape index (κ1) is 15.5. The molecule has 0 aliphatic rings. The van der Waals surface area contributed by atoms with Crippen LogP contribution in [0.3, 0.4) is 0 Å². The summed E-state index contributed by atoms with van der Waals surface area (Å²) in [7, 11) is 1.85. The minimum atomic E-state index is -0.396. The fourth-order valence-electron chi connectivity index (χ4n) is 1.81. The smallest absolute Gasteiger partial charge is 0.269 e. The van der Waals surface area contributed by atoms with Gasteiger partial charge in [0.15, 0.2) is 0 Å². The first-order valence-corrected chi connectivity index (χ1v) is 6.87. The maximum atomic E-state index is 13.2. The molecular formula is C14H16ClFN4O. The quantitative estimate of drug-likeness (QED) is 0.798. The third-order valence-corrected chi connectivity index (χ3v) is 3.27. The van der Waals surface area contributed by atoms with Gasteiger partial charge in [-0.15, -0.1) is 0 Å². The fourth-order valence-corrected chi connectivity index (χ4v) is 1.98. The van der Waals surface area contributed by atoms with E-state index in [1.807, 2.05) is 7.05 Å². The molecule has 1 aromatic heterocycles. The number of likely N-dealkylation sites (N-methyl/N-ethyl adjacent to an activating group) is 1. The Kier molecular flexibility index (Phi) is 5.30. The molecule has 0 saturated heterocycles. The van der Waals surface area contributed by atoms with Crippen molar-refractivity contribution in [3.05, 3.63) is 57.2 Å². The first-order valence-electron chi connectivity index (χ1n) is 6.49. The Morgan fingerprint density at radius 3 is 2.86 bits per heavy atom. The van der Waals surface area contributed by atoms with E-state index in [1.165, 1.54) is 28.9 Å². The van der Waals surface area contributed by atoms with Crippen molar-refractivity contribution in [2.75, 3.05) is 25.5 Å². The van der Waals surface area contributed by atoms with Crippen LogP contribution in [0.2, 0.25) is 5.02 Å². The van der Waals surface area contributed by atoms with Crippen molar-refractivity contribution in [3.8, 4) is 0 Å². The molecule has 0 saturated carbocycles. The predicted molar refractivity (Wildman–Crippen MR) is 81.4 cm³/mol. The summed E-state index contributed by atoms with van der Waals surface area (Å²) in [5.41, 5.74) is 0.892. The number of hydrogen-bond acceptors (Lipinski definition) is 4. The number of nitrogens with one attached hydrogen (secondary N) is 2. The first-order chi connectivity index (χ1) is 10.1. The van der Waals surface area contributed by atoms with E-state index in [4.69, 9.17) is 11.6 Å². The maximum absolute atomic E-state index is 13.2. The third kappa shape index (κ3) is 4.27. The largest absolute Gasteiger partial charge is 0.382 e. The van der Waals surface area contributed by atoms with Crippen molar-refractivity contribution < 1.29 is 4.39 Å². The molecule has 1 heterocycles. The highest BCUT2D eigenvalue weighted by atomic mass is 35.5. The molecule has 1 aromatic carbocycles. The van der Waals surface area contributed by atoms with Crippen LogP contribution in [0.25, 0.3) is 0 Å². The van der Waals surface area contributed by atoms with Crippen molar-refractivity contribution in [2.45, 2.75) is 6.54 Å². The normalized spacial score (nSPS) is 10.6. The lowest BCUT2D eigenvalue weighted by Crippen LogP contribution is -2.24. The van der Waals surface area contributed by atoms with Crippen LogP contribution in [0.1, 0.15) is 5.56 Å². The molecule has 0 fully saturated rings. The van der Waals surface area contributed by atoms with Crippen LogP contribution in [0, 0.1) is 5.82 Å². The molecule has 2 N–H and O–H groups in total. The number of halogens is 2. The summed E-state index contributed by atoms with van der Waals surface area (Å²) < 4.78 is 14.4. The highest BCUT2D eigenvalue weighted by molar-refractivity contribution is 6.31. The number of anilines is 1. The molecular weight excluding hydrogens is 295 g/mol. The van der Waals surface area contributed by atoms with Crippen molar-refractivity contribution in [1.82, 2.24) is 15.1 Å². The SMILES string of the molecule is CNCCNc1cnn(Cc2cc(F)ccc2Cl)c(=O)c1. The van der Waals surface area contributed by atoms with Gasteiger partial charge in [-0.25, -0.2) is 9.07 Å². The number of aromatic nitrogens is 2. The van der Waals surface area contributed by atoms with Gasteiger partial charge in [-0.05, 0) is 30.8 Å².